The van der Waals surface area contributed by atoms with Crippen molar-refractivity contribution in [3.8, 4) is 0 Å². The number of rotatable bonds is 5. The first-order chi connectivity index (χ1) is 13.8. The van der Waals surface area contributed by atoms with Gasteiger partial charge in [-0.3, -0.25) is 9.59 Å². The Labute approximate surface area is 171 Å². The zero-order valence-corrected chi connectivity index (χ0v) is 17.5. The summed E-state index contributed by atoms with van der Waals surface area (Å²) in [6.07, 6.45) is 7.87. The topological polar surface area (TPSA) is 84.9 Å². The van der Waals surface area contributed by atoms with E-state index < -0.39 is 17.5 Å². The van der Waals surface area contributed by atoms with Crippen molar-refractivity contribution in [2.45, 2.75) is 70.0 Å². The molecule has 1 saturated carbocycles. The molecule has 0 aromatic rings. The number of carbonyl (C=O) groups is 3. The Bertz CT molecular complexity index is 624. The first-order valence-corrected chi connectivity index (χ1v) is 10.8. The molecule has 3 aliphatic rings. The lowest BCUT2D eigenvalue weighted by Crippen LogP contribution is -2.54. The molecule has 8 heteroatoms. The zero-order chi connectivity index (χ0) is 21.1. The Kier molecular flexibility index (Phi) is 6.81. The third-order valence-electron chi connectivity index (χ3n) is 6.98. The lowest BCUT2D eigenvalue weighted by molar-refractivity contribution is -0.160. The van der Waals surface area contributed by atoms with Gasteiger partial charge in [0.05, 0.1) is 13.7 Å². The lowest BCUT2D eigenvalue weighted by atomic mass is 9.64. The van der Waals surface area contributed by atoms with E-state index in [1.54, 1.807) is 0 Å². The molecule has 0 aromatic carbocycles. The second-order valence-corrected chi connectivity index (χ2v) is 8.85. The van der Waals surface area contributed by atoms with Gasteiger partial charge in [0.25, 0.3) is 11.6 Å². The van der Waals surface area contributed by atoms with E-state index in [-0.39, 0.29) is 29.8 Å². The summed E-state index contributed by atoms with van der Waals surface area (Å²) in [6.45, 7) is 2.93. The molecule has 2 saturated heterocycles. The van der Waals surface area contributed by atoms with Crippen LogP contribution in [0.5, 0.6) is 0 Å². The van der Waals surface area contributed by atoms with Gasteiger partial charge in [0.15, 0.2) is 0 Å². The molecule has 164 valence electrons. The molecule has 2 unspecified atom stereocenters. The number of hydrogen-bond acceptors (Lipinski definition) is 5. The van der Waals surface area contributed by atoms with Gasteiger partial charge in [-0.2, -0.15) is 0 Å². The van der Waals surface area contributed by atoms with Crippen LogP contribution < -0.4 is 5.32 Å². The summed E-state index contributed by atoms with van der Waals surface area (Å²) < 4.78 is 24.5. The molecule has 1 N–H and O–H groups in total. The van der Waals surface area contributed by atoms with Gasteiger partial charge < -0.3 is 19.7 Å². The van der Waals surface area contributed by atoms with Crippen LogP contribution in [0.4, 0.5) is 4.39 Å². The Morgan fingerprint density at radius 3 is 2.62 bits per heavy atom. The fraction of sp³-hybridized carbons (Fsp3) is 0.857. The first kappa shape index (κ1) is 22.0. The van der Waals surface area contributed by atoms with Crippen LogP contribution in [-0.2, 0) is 23.9 Å². The molecule has 0 radical (unpaired) electrons. The van der Waals surface area contributed by atoms with Gasteiger partial charge in [-0.25, -0.2) is 9.18 Å². The molecule has 2 aliphatic heterocycles. The predicted molar refractivity (Wildman–Crippen MR) is 104 cm³/mol. The molecule has 2 heterocycles. The van der Waals surface area contributed by atoms with E-state index in [0.29, 0.717) is 19.8 Å². The van der Waals surface area contributed by atoms with E-state index in [4.69, 9.17) is 4.74 Å². The van der Waals surface area contributed by atoms with Gasteiger partial charge in [-0.1, -0.05) is 19.3 Å². The van der Waals surface area contributed by atoms with E-state index in [1.165, 1.54) is 6.42 Å². The Morgan fingerprint density at radius 2 is 1.93 bits per heavy atom. The predicted octanol–water partition coefficient (Wildman–Crippen LogP) is 1.98. The summed E-state index contributed by atoms with van der Waals surface area (Å²) in [5.41, 5.74) is -2.80. The van der Waals surface area contributed by atoms with Crippen molar-refractivity contribution >= 4 is 17.8 Å². The molecular formula is C21H33FN2O5. The molecule has 29 heavy (non-hydrogen) atoms. The zero-order valence-electron chi connectivity index (χ0n) is 17.5. The van der Waals surface area contributed by atoms with Crippen LogP contribution >= 0.6 is 0 Å². The van der Waals surface area contributed by atoms with Gasteiger partial charge in [0, 0.05) is 37.1 Å². The Balaban J connectivity index is 1.64. The smallest absolute Gasteiger partial charge is 0.353 e. The monoisotopic (exact) mass is 412 g/mol. The maximum atomic E-state index is 14.4. The fourth-order valence-electron chi connectivity index (χ4n) is 5.22. The van der Waals surface area contributed by atoms with Gasteiger partial charge in [-0.15, -0.1) is 0 Å². The summed E-state index contributed by atoms with van der Waals surface area (Å²) >= 11 is 0. The summed E-state index contributed by atoms with van der Waals surface area (Å²) in [7, 11) is 1.04. The van der Waals surface area contributed by atoms with Gasteiger partial charge in [0.1, 0.15) is 0 Å². The van der Waals surface area contributed by atoms with Crippen LogP contribution in [0.1, 0.15) is 58.3 Å². The van der Waals surface area contributed by atoms with Crippen LogP contribution in [0.2, 0.25) is 0 Å². The molecular weight excluding hydrogens is 379 g/mol. The van der Waals surface area contributed by atoms with Crippen molar-refractivity contribution in [1.82, 2.24) is 10.2 Å². The highest BCUT2D eigenvalue weighted by Crippen LogP contribution is 2.47. The van der Waals surface area contributed by atoms with Crippen molar-refractivity contribution < 1.29 is 28.2 Å². The highest BCUT2D eigenvalue weighted by atomic mass is 19.1. The van der Waals surface area contributed by atoms with Crippen LogP contribution in [0.3, 0.4) is 0 Å². The quantitative estimate of drug-likeness (QED) is 0.551. The number of ether oxygens (including phenoxy) is 2. The number of hydrogen-bond donors (Lipinski definition) is 1. The molecule has 3 rings (SSSR count). The first-order valence-electron chi connectivity index (χ1n) is 10.8. The number of likely N-dealkylation sites (tertiary alicyclic amines) is 1. The summed E-state index contributed by atoms with van der Waals surface area (Å²) in [5.74, 6) is -2.16. The van der Waals surface area contributed by atoms with Crippen LogP contribution in [0.25, 0.3) is 0 Å². The van der Waals surface area contributed by atoms with Crippen LogP contribution in [-0.4, -0.2) is 67.8 Å². The summed E-state index contributed by atoms with van der Waals surface area (Å²) in [5, 5.41) is 2.51. The number of nitrogens with zero attached hydrogens (tertiary/aromatic N) is 1. The maximum absolute atomic E-state index is 14.4. The van der Waals surface area contributed by atoms with Crippen molar-refractivity contribution in [1.29, 1.82) is 0 Å². The van der Waals surface area contributed by atoms with Gasteiger partial charge in [-0.05, 0) is 39.0 Å². The average molecular weight is 413 g/mol. The standard InChI is InChI=1S/C21H33FN2O5/c1-20(22,19(27)28-2)18(26)23-13-15-7-6-11-24(15)17(25)16-8-12-29-14-21(16)9-4-3-5-10-21/h15-16H,3-14H2,1-2H3,(H,23,26)/t15-,16?,20?/m1/s1. The van der Waals surface area contributed by atoms with E-state index >= 15 is 0 Å². The number of carbonyl (C=O) groups excluding carboxylic acids is 3. The SMILES string of the molecule is COC(=O)C(C)(F)C(=O)NC[C@H]1CCCN1C(=O)C1CCOCC12CCCCC2. The molecule has 0 bridgehead atoms. The summed E-state index contributed by atoms with van der Waals surface area (Å²) in [4.78, 5) is 39.0. The van der Waals surface area contributed by atoms with E-state index in [9.17, 15) is 18.8 Å². The average Bonchev–Trinajstić information content (AvgIpc) is 3.20. The minimum Gasteiger partial charge on any atom is -0.466 e. The molecule has 1 spiro atoms. The number of amides is 2. The largest absolute Gasteiger partial charge is 0.466 e. The molecule has 3 fully saturated rings. The van der Waals surface area contributed by atoms with Crippen molar-refractivity contribution in [3.05, 3.63) is 0 Å². The summed E-state index contributed by atoms with van der Waals surface area (Å²) in [6, 6.07) is -0.177. The fourth-order valence-corrected chi connectivity index (χ4v) is 5.22. The van der Waals surface area contributed by atoms with Gasteiger partial charge >= 0.3 is 5.97 Å². The third-order valence-corrected chi connectivity index (χ3v) is 6.98. The Morgan fingerprint density at radius 1 is 1.21 bits per heavy atom. The normalized spacial score (nSPS) is 28.6. The number of esters is 1. The second-order valence-electron chi connectivity index (χ2n) is 8.85. The van der Waals surface area contributed by atoms with Crippen LogP contribution in [0, 0.1) is 11.3 Å². The highest BCUT2D eigenvalue weighted by molar-refractivity contribution is 6.05. The minimum atomic E-state index is -2.74. The molecule has 0 aromatic heterocycles. The maximum Gasteiger partial charge on any atom is 0.353 e. The molecule has 2 amide bonds. The van der Waals surface area contributed by atoms with E-state index in [0.717, 1.165) is 59.0 Å². The number of nitrogens with one attached hydrogen (secondary N) is 1. The number of alkyl halides is 1. The van der Waals surface area contributed by atoms with Crippen LogP contribution in [0.15, 0.2) is 0 Å². The Hall–Kier alpha value is -1.70. The van der Waals surface area contributed by atoms with Crippen molar-refractivity contribution in [2.75, 3.05) is 33.4 Å². The molecule has 7 nitrogen and oxygen atoms in total. The van der Waals surface area contributed by atoms with E-state index in [1.807, 2.05) is 4.90 Å². The second kappa shape index (κ2) is 8.98. The number of methoxy groups -OCH3 is 1. The molecule has 3 atom stereocenters. The molecule has 1 aliphatic carbocycles. The number of halogens is 1. The van der Waals surface area contributed by atoms with Crippen molar-refractivity contribution in [3.63, 3.8) is 0 Å². The van der Waals surface area contributed by atoms with Crippen molar-refractivity contribution in [2.24, 2.45) is 11.3 Å². The lowest BCUT2D eigenvalue weighted by Gasteiger charge is -2.47. The minimum absolute atomic E-state index is 0.0469. The highest BCUT2D eigenvalue weighted by Gasteiger charge is 2.48. The van der Waals surface area contributed by atoms with E-state index in [2.05, 4.69) is 10.1 Å². The third kappa shape index (κ3) is 4.42. The van der Waals surface area contributed by atoms with Gasteiger partial charge in [0.2, 0.25) is 5.91 Å².